The molecule has 1 saturated heterocycles. The highest BCUT2D eigenvalue weighted by atomic mass is 79.9. The van der Waals surface area contributed by atoms with Crippen LogP contribution in [0, 0.1) is 23.6 Å². The van der Waals surface area contributed by atoms with E-state index in [9.17, 15) is 18.4 Å². The van der Waals surface area contributed by atoms with E-state index in [1.807, 2.05) is 0 Å². The summed E-state index contributed by atoms with van der Waals surface area (Å²) in [6, 6.07) is 4.60. The zero-order chi connectivity index (χ0) is 25.4. The summed E-state index contributed by atoms with van der Waals surface area (Å²) in [5, 5.41) is 0.356. The Labute approximate surface area is 220 Å². The van der Waals surface area contributed by atoms with Gasteiger partial charge < -0.3 is 4.90 Å². The minimum Gasteiger partial charge on any atom is -0.335 e. The summed E-state index contributed by atoms with van der Waals surface area (Å²) in [6.07, 6.45) is 8.32. The van der Waals surface area contributed by atoms with Gasteiger partial charge in [0, 0.05) is 12.0 Å². The van der Waals surface area contributed by atoms with Gasteiger partial charge in [-0.1, -0.05) is 37.2 Å². The predicted octanol–water partition coefficient (Wildman–Crippen LogP) is 5.92. The Hall–Kier alpha value is -2.57. The van der Waals surface area contributed by atoms with Crippen LogP contribution in [-0.4, -0.2) is 39.1 Å². The number of aromatic nitrogens is 2. The van der Waals surface area contributed by atoms with Crippen molar-refractivity contribution in [3.05, 3.63) is 50.0 Å². The van der Waals surface area contributed by atoms with E-state index >= 15 is 0 Å². The Balaban J connectivity index is 1.54. The maximum Gasteiger partial charge on any atom is 0.263 e. The zero-order valence-electron chi connectivity index (χ0n) is 20.0. The van der Waals surface area contributed by atoms with E-state index in [0.29, 0.717) is 32.1 Å². The van der Waals surface area contributed by atoms with Crippen LogP contribution in [0.4, 0.5) is 8.78 Å². The first-order valence-electron chi connectivity index (χ1n) is 12.1. The van der Waals surface area contributed by atoms with Crippen molar-refractivity contribution in [3.63, 3.8) is 0 Å². The number of benzene rings is 1. The number of carbonyl (C=O) groups is 1. The maximum atomic E-state index is 14.0. The second kappa shape index (κ2) is 10.1. The second-order valence-electron chi connectivity index (χ2n) is 9.97. The van der Waals surface area contributed by atoms with Gasteiger partial charge >= 0.3 is 0 Å². The smallest absolute Gasteiger partial charge is 0.263 e. The molecule has 9 heteroatoms. The van der Waals surface area contributed by atoms with Crippen molar-refractivity contribution in [2.75, 3.05) is 13.1 Å². The first-order chi connectivity index (χ1) is 17.2. The molecule has 1 amide bonds. The summed E-state index contributed by atoms with van der Waals surface area (Å²) in [6.45, 7) is 1.27. The molecular formula is C27H26BrF2N3O2S. The van der Waals surface area contributed by atoms with E-state index in [1.54, 1.807) is 12.1 Å². The number of amides is 1. The number of fused-ring (bicyclic) bond motifs is 1. The molecule has 0 radical (unpaired) electrons. The second-order valence-corrected chi connectivity index (χ2v) is 11.8. The van der Waals surface area contributed by atoms with E-state index in [4.69, 9.17) is 0 Å². The molecule has 1 aromatic carbocycles. The molecule has 0 spiro atoms. The molecule has 2 aliphatic rings. The van der Waals surface area contributed by atoms with Crippen molar-refractivity contribution in [2.45, 2.75) is 57.7 Å². The molecule has 3 heterocycles. The molecule has 1 saturated carbocycles. The average Bonchev–Trinajstić information content (AvgIpc) is 3.21. The third kappa shape index (κ3) is 5.12. The molecule has 0 atom stereocenters. The molecule has 0 bridgehead atoms. The van der Waals surface area contributed by atoms with Gasteiger partial charge in [-0.2, -0.15) is 0 Å². The Bertz CT molecular complexity index is 1440. The molecule has 2 aromatic heterocycles. The van der Waals surface area contributed by atoms with Crippen molar-refractivity contribution >= 4 is 43.4 Å². The first-order valence-corrected chi connectivity index (χ1v) is 13.8. The predicted molar refractivity (Wildman–Crippen MR) is 141 cm³/mol. The molecule has 188 valence electrons. The molecule has 5 rings (SSSR count). The highest BCUT2D eigenvalue weighted by Gasteiger charge is 2.41. The van der Waals surface area contributed by atoms with Crippen LogP contribution in [0.1, 0.15) is 50.3 Å². The lowest BCUT2D eigenvalue weighted by molar-refractivity contribution is -0.144. The highest BCUT2D eigenvalue weighted by Crippen LogP contribution is 2.37. The number of hydrogen-bond donors (Lipinski definition) is 0. The third-order valence-electron chi connectivity index (χ3n) is 6.90. The monoisotopic (exact) mass is 573 g/mol. The number of thiophene rings is 1. The SMILES string of the molecule is CC1(F)CN(C(=O)Cn2cnc3sc(C#CCC4CCCCC4)c(-c4ccc(F)c(Br)c4)c3c2=O)C1. The van der Waals surface area contributed by atoms with Gasteiger partial charge in [-0.3, -0.25) is 14.2 Å². The van der Waals surface area contributed by atoms with Crippen molar-refractivity contribution in [2.24, 2.45) is 5.92 Å². The topological polar surface area (TPSA) is 55.2 Å². The number of alkyl halides is 1. The Morgan fingerprint density at radius 2 is 2.03 bits per heavy atom. The third-order valence-corrected chi connectivity index (χ3v) is 8.52. The van der Waals surface area contributed by atoms with Crippen molar-refractivity contribution < 1.29 is 13.6 Å². The molecule has 1 aliphatic carbocycles. The van der Waals surface area contributed by atoms with Crippen LogP contribution in [-0.2, 0) is 11.3 Å². The van der Waals surface area contributed by atoms with Gasteiger partial charge in [0.25, 0.3) is 5.56 Å². The van der Waals surface area contributed by atoms with Crippen LogP contribution < -0.4 is 5.56 Å². The Morgan fingerprint density at radius 3 is 2.72 bits per heavy atom. The minimum absolute atomic E-state index is 0.0182. The van der Waals surface area contributed by atoms with Gasteiger partial charge in [0.1, 0.15) is 22.9 Å². The first kappa shape index (κ1) is 25.1. The molecule has 0 unspecified atom stereocenters. The fourth-order valence-electron chi connectivity index (χ4n) is 4.99. The number of carbonyl (C=O) groups excluding carboxylic acids is 1. The summed E-state index contributed by atoms with van der Waals surface area (Å²) in [7, 11) is 0. The maximum absolute atomic E-state index is 14.0. The fraction of sp³-hybridized carbons (Fsp3) is 0.444. The molecule has 5 nitrogen and oxygen atoms in total. The van der Waals surface area contributed by atoms with Crippen LogP contribution in [0.15, 0.2) is 33.8 Å². The lowest BCUT2D eigenvalue weighted by Crippen LogP contribution is -2.60. The van der Waals surface area contributed by atoms with Crippen molar-refractivity contribution in [3.8, 4) is 23.0 Å². The summed E-state index contributed by atoms with van der Waals surface area (Å²) in [4.78, 5) is 33.2. The largest absolute Gasteiger partial charge is 0.335 e. The average molecular weight is 574 g/mol. The number of hydrogen-bond acceptors (Lipinski definition) is 4. The van der Waals surface area contributed by atoms with Crippen LogP contribution in [0.5, 0.6) is 0 Å². The molecule has 3 aromatic rings. The molecule has 1 aliphatic heterocycles. The standard InChI is InChI=1S/C27H26BrF2N3O2S/c1-27(30)14-33(15-27)22(34)13-32-16-31-25-24(26(32)35)23(18-10-11-20(29)19(28)12-18)21(36-25)9-5-8-17-6-3-2-4-7-17/h10-12,16-17H,2-4,6-8,13-15H2,1H3. The molecule has 2 fully saturated rings. The highest BCUT2D eigenvalue weighted by molar-refractivity contribution is 9.10. The minimum atomic E-state index is -1.38. The zero-order valence-corrected chi connectivity index (χ0v) is 22.4. The summed E-state index contributed by atoms with van der Waals surface area (Å²) >= 11 is 4.57. The van der Waals surface area contributed by atoms with E-state index in [2.05, 4.69) is 32.8 Å². The lowest BCUT2D eigenvalue weighted by atomic mass is 9.87. The van der Waals surface area contributed by atoms with Crippen LogP contribution in [0.2, 0.25) is 0 Å². The van der Waals surface area contributed by atoms with Gasteiger partial charge in [0.15, 0.2) is 0 Å². The van der Waals surface area contributed by atoms with E-state index < -0.39 is 11.5 Å². The number of rotatable bonds is 4. The summed E-state index contributed by atoms with van der Waals surface area (Å²) in [5.74, 6) is 6.44. The van der Waals surface area contributed by atoms with Crippen molar-refractivity contribution in [1.29, 1.82) is 0 Å². The number of nitrogens with zero attached hydrogens (tertiary/aromatic N) is 3. The Kier molecular flexibility index (Phi) is 7.01. The van der Waals surface area contributed by atoms with Gasteiger partial charge in [0.05, 0.1) is 34.2 Å². The van der Waals surface area contributed by atoms with Gasteiger partial charge in [0.2, 0.25) is 5.91 Å². The molecule has 0 N–H and O–H groups in total. The van der Waals surface area contributed by atoms with E-state index in [1.165, 1.54) is 72.2 Å². The van der Waals surface area contributed by atoms with Gasteiger partial charge in [-0.05, 0) is 59.3 Å². The van der Waals surface area contributed by atoms with Crippen molar-refractivity contribution in [1.82, 2.24) is 14.5 Å². The summed E-state index contributed by atoms with van der Waals surface area (Å²) in [5.41, 5.74) is -0.504. The van der Waals surface area contributed by atoms with Crippen LogP contribution in [0.3, 0.4) is 0 Å². The van der Waals surface area contributed by atoms with E-state index in [-0.39, 0.29) is 35.6 Å². The van der Waals surface area contributed by atoms with Gasteiger partial charge in [-0.25, -0.2) is 13.8 Å². The van der Waals surface area contributed by atoms with Crippen LogP contribution in [0.25, 0.3) is 21.3 Å². The fourth-order valence-corrected chi connectivity index (χ4v) is 6.40. The van der Waals surface area contributed by atoms with E-state index in [0.717, 1.165) is 6.42 Å². The van der Waals surface area contributed by atoms with Crippen LogP contribution >= 0.6 is 27.3 Å². The number of likely N-dealkylation sites (tertiary alicyclic amines) is 1. The number of halogens is 3. The quantitative estimate of drug-likeness (QED) is 0.364. The molecule has 36 heavy (non-hydrogen) atoms. The summed E-state index contributed by atoms with van der Waals surface area (Å²) < 4.78 is 29.4. The van der Waals surface area contributed by atoms with Gasteiger partial charge in [-0.15, -0.1) is 11.3 Å². The Morgan fingerprint density at radius 1 is 1.28 bits per heavy atom. The molecular weight excluding hydrogens is 548 g/mol. The lowest BCUT2D eigenvalue weighted by Gasteiger charge is -2.42. The normalized spacial score (nSPS) is 17.5.